The molecule has 0 aliphatic carbocycles. The van der Waals surface area contributed by atoms with Gasteiger partial charge in [0, 0.05) is 10.4 Å². The Labute approximate surface area is 102 Å². The zero-order valence-electron chi connectivity index (χ0n) is 8.30. The van der Waals surface area contributed by atoms with E-state index < -0.39 is 0 Å². The molecule has 0 amide bonds. The van der Waals surface area contributed by atoms with Crippen LogP contribution in [0.3, 0.4) is 0 Å². The van der Waals surface area contributed by atoms with Crippen LogP contribution in [0, 0.1) is 0 Å². The fraction of sp³-hybridized carbons (Fsp3) is 0.273. The first-order valence-electron chi connectivity index (χ1n) is 4.82. The van der Waals surface area contributed by atoms with Crippen LogP contribution in [0.15, 0.2) is 22.9 Å². The van der Waals surface area contributed by atoms with Gasteiger partial charge in [-0.3, -0.25) is 0 Å². The van der Waals surface area contributed by atoms with Crippen LogP contribution in [-0.4, -0.2) is 9.97 Å². The SMILES string of the molecule is CCCc1nc(Br)nc2ccc(Cl)cc12. The molecule has 0 radical (unpaired) electrons. The van der Waals surface area contributed by atoms with Crippen LogP contribution in [0.1, 0.15) is 19.0 Å². The first-order valence-corrected chi connectivity index (χ1v) is 5.99. The van der Waals surface area contributed by atoms with Crippen molar-refractivity contribution in [3.05, 3.63) is 33.6 Å². The second-order valence-electron chi connectivity index (χ2n) is 3.35. The molecule has 0 saturated carbocycles. The summed E-state index contributed by atoms with van der Waals surface area (Å²) in [5.74, 6) is 0. The molecule has 0 saturated heterocycles. The quantitative estimate of drug-likeness (QED) is 0.780. The summed E-state index contributed by atoms with van der Waals surface area (Å²) in [4.78, 5) is 8.69. The number of aromatic nitrogens is 2. The molecule has 1 heterocycles. The van der Waals surface area contributed by atoms with Gasteiger partial charge in [0.2, 0.25) is 0 Å². The molecule has 0 N–H and O–H groups in total. The van der Waals surface area contributed by atoms with E-state index in [2.05, 4.69) is 32.8 Å². The normalized spacial score (nSPS) is 10.9. The third kappa shape index (κ3) is 2.29. The molecule has 15 heavy (non-hydrogen) atoms. The van der Waals surface area contributed by atoms with E-state index in [-0.39, 0.29) is 0 Å². The Kier molecular flexibility index (Phi) is 3.22. The van der Waals surface area contributed by atoms with Gasteiger partial charge in [-0.1, -0.05) is 24.9 Å². The summed E-state index contributed by atoms with van der Waals surface area (Å²) in [6.45, 7) is 2.13. The molecule has 1 aromatic heterocycles. The molecule has 0 bridgehead atoms. The van der Waals surface area contributed by atoms with E-state index in [1.54, 1.807) is 0 Å². The first kappa shape index (κ1) is 10.8. The third-order valence-electron chi connectivity index (χ3n) is 2.20. The van der Waals surface area contributed by atoms with Gasteiger partial charge in [-0.05, 0) is 40.5 Å². The molecule has 2 nitrogen and oxygen atoms in total. The predicted molar refractivity (Wildman–Crippen MR) is 66.2 cm³/mol. The number of rotatable bonds is 2. The molecule has 2 aromatic rings. The van der Waals surface area contributed by atoms with Gasteiger partial charge < -0.3 is 0 Å². The van der Waals surface area contributed by atoms with E-state index >= 15 is 0 Å². The van der Waals surface area contributed by atoms with Crippen molar-refractivity contribution >= 4 is 38.4 Å². The highest BCUT2D eigenvalue weighted by atomic mass is 79.9. The molecule has 4 heteroatoms. The highest BCUT2D eigenvalue weighted by Gasteiger charge is 2.05. The van der Waals surface area contributed by atoms with E-state index in [0.717, 1.165) is 34.5 Å². The zero-order valence-corrected chi connectivity index (χ0v) is 10.6. The lowest BCUT2D eigenvalue weighted by molar-refractivity contribution is 0.879. The molecule has 0 unspecified atom stereocenters. The van der Waals surface area contributed by atoms with Gasteiger partial charge in [-0.15, -0.1) is 0 Å². The Morgan fingerprint density at radius 2 is 2.13 bits per heavy atom. The van der Waals surface area contributed by atoms with Crippen molar-refractivity contribution in [3.8, 4) is 0 Å². The third-order valence-corrected chi connectivity index (χ3v) is 2.79. The minimum atomic E-state index is 0.640. The molecule has 0 spiro atoms. The lowest BCUT2D eigenvalue weighted by Crippen LogP contribution is -1.95. The Morgan fingerprint density at radius 3 is 2.87 bits per heavy atom. The summed E-state index contributed by atoms with van der Waals surface area (Å²) in [7, 11) is 0. The minimum Gasteiger partial charge on any atom is -0.227 e. The van der Waals surface area contributed by atoms with E-state index in [1.165, 1.54) is 0 Å². The van der Waals surface area contributed by atoms with E-state index in [1.807, 2.05) is 18.2 Å². The van der Waals surface area contributed by atoms with Crippen molar-refractivity contribution in [2.75, 3.05) is 0 Å². The monoisotopic (exact) mass is 284 g/mol. The topological polar surface area (TPSA) is 25.8 Å². The van der Waals surface area contributed by atoms with Gasteiger partial charge >= 0.3 is 0 Å². The van der Waals surface area contributed by atoms with Crippen LogP contribution in [0.4, 0.5) is 0 Å². The highest BCUT2D eigenvalue weighted by Crippen LogP contribution is 2.22. The van der Waals surface area contributed by atoms with Crippen LogP contribution in [0.2, 0.25) is 5.02 Å². The molecule has 78 valence electrons. The Balaban J connectivity index is 2.70. The van der Waals surface area contributed by atoms with Gasteiger partial charge in [-0.25, -0.2) is 9.97 Å². The average molecular weight is 286 g/mol. The van der Waals surface area contributed by atoms with Crippen molar-refractivity contribution in [2.24, 2.45) is 0 Å². The molecule has 0 atom stereocenters. The fourth-order valence-electron chi connectivity index (χ4n) is 1.56. The number of nitrogens with zero attached hydrogens (tertiary/aromatic N) is 2. The van der Waals surface area contributed by atoms with Gasteiger partial charge in [0.15, 0.2) is 4.73 Å². The van der Waals surface area contributed by atoms with Crippen LogP contribution in [0.25, 0.3) is 10.9 Å². The second-order valence-corrected chi connectivity index (χ2v) is 4.50. The van der Waals surface area contributed by atoms with Crippen molar-refractivity contribution < 1.29 is 0 Å². The molecule has 0 fully saturated rings. The fourth-order valence-corrected chi connectivity index (χ4v) is 2.14. The van der Waals surface area contributed by atoms with Crippen LogP contribution in [-0.2, 0) is 6.42 Å². The standard InChI is InChI=1S/C11H10BrClN2/c1-2-3-9-8-6-7(13)4-5-10(8)15-11(12)14-9/h4-6H,2-3H2,1H3. The summed E-state index contributed by atoms with van der Waals surface area (Å²) >= 11 is 9.28. The van der Waals surface area contributed by atoms with Crippen molar-refractivity contribution in [1.29, 1.82) is 0 Å². The Bertz CT molecular complexity index is 499. The highest BCUT2D eigenvalue weighted by molar-refractivity contribution is 9.10. The molecule has 0 aliphatic heterocycles. The average Bonchev–Trinajstić information content (AvgIpc) is 2.19. The molecular formula is C11H10BrClN2. The number of aryl methyl sites for hydroxylation is 1. The molecule has 2 rings (SSSR count). The van der Waals surface area contributed by atoms with Gasteiger partial charge in [-0.2, -0.15) is 0 Å². The van der Waals surface area contributed by atoms with Crippen molar-refractivity contribution in [2.45, 2.75) is 19.8 Å². The predicted octanol–water partition coefficient (Wildman–Crippen LogP) is 4.00. The number of halogens is 2. The van der Waals surface area contributed by atoms with Gasteiger partial charge in [0.25, 0.3) is 0 Å². The van der Waals surface area contributed by atoms with E-state index in [0.29, 0.717) is 4.73 Å². The number of benzene rings is 1. The van der Waals surface area contributed by atoms with E-state index in [4.69, 9.17) is 11.6 Å². The minimum absolute atomic E-state index is 0.640. The summed E-state index contributed by atoms with van der Waals surface area (Å²) in [6, 6.07) is 5.69. The number of fused-ring (bicyclic) bond motifs is 1. The summed E-state index contributed by atoms with van der Waals surface area (Å²) in [5.41, 5.74) is 1.99. The molecule has 1 aromatic carbocycles. The van der Waals surface area contributed by atoms with Crippen LogP contribution < -0.4 is 0 Å². The Hall–Kier alpha value is -0.670. The maximum atomic E-state index is 5.96. The van der Waals surface area contributed by atoms with Crippen molar-refractivity contribution in [3.63, 3.8) is 0 Å². The first-order chi connectivity index (χ1) is 7.20. The van der Waals surface area contributed by atoms with Crippen molar-refractivity contribution in [1.82, 2.24) is 9.97 Å². The maximum absolute atomic E-state index is 5.96. The van der Waals surface area contributed by atoms with Gasteiger partial charge in [0.05, 0.1) is 11.2 Å². The van der Waals surface area contributed by atoms with Gasteiger partial charge in [0.1, 0.15) is 0 Å². The summed E-state index contributed by atoms with van der Waals surface area (Å²) in [5, 5.41) is 1.78. The number of hydrogen-bond acceptors (Lipinski definition) is 2. The summed E-state index contributed by atoms with van der Waals surface area (Å²) in [6.07, 6.45) is 2.00. The van der Waals surface area contributed by atoms with Crippen LogP contribution in [0.5, 0.6) is 0 Å². The zero-order chi connectivity index (χ0) is 10.8. The smallest absolute Gasteiger partial charge is 0.197 e. The Morgan fingerprint density at radius 1 is 1.33 bits per heavy atom. The summed E-state index contributed by atoms with van der Waals surface area (Å²) < 4.78 is 0.640. The van der Waals surface area contributed by atoms with Crippen LogP contribution >= 0.6 is 27.5 Å². The largest absolute Gasteiger partial charge is 0.227 e. The maximum Gasteiger partial charge on any atom is 0.197 e. The lowest BCUT2D eigenvalue weighted by Gasteiger charge is -2.05. The van der Waals surface area contributed by atoms with E-state index in [9.17, 15) is 0 Å². The second kappa shape index (κ2) is 4.45. The number of hydrogen-bond donors (Lipinski definition) is 0. The lowest BCUT2D eigenvalue weighted by atomic mass is 10.1. The molecule has 0 aliphatic rings. The molecular weight excluding hydrogens is 275 g/mol.